The Hall–Kier alpha value is -1.33. The Bertz CT molecular complexity index is 573. The van der Waals surface area contributed by atoms with Crippen molar-refractivity contribution < 1.29 is 4.79 Å². The molecule has 0 N–H and O–H groups in total. The van der Waals surface area contributed by atoms with Gasteiger partial charge >= 0.3 is 0 Å². The van der Waals surface area contributed by atoms with Crippen molar-refractivity contribution in [1.29, 1.82) is 0 Å². The van der Waals surface area contributed by atoms with Crippen molar-refractivity contribution in [2.45, 2.75) is 44.6 Å². The molecular weight excluding hydrogens is 336 g/mol. The Morgan fingerprint density at radius 1 is 0.960 bits per heavy atom. The Balaban J connectivity index is 0.00000182. The third kappa shape index (κ3) is 4.09. The third-order valence-corrected chi connectivity index (χ3v) is 5.80. The first kappa shape index (κ1) is 18.5. The van der Waals surface area contributed by atoms with Gasteiger partial charge in [-0.1, -0.05) is 6.42 Å². The van der Waals surface area contributed by atoms with Crippen LogP contribution < -0.4 is 4.90 Å². The van der Waals surface area contributed by atoms with E-state index in [0.29, 0.717) is 6.04 Å². The summed E-state index contributed by atoms with van der Waals surface area (Å²) in [7, 11) is 0. The largest absolute Gasteiger partial charge is 0.354 e. The predicted molar refractivity (Wildman–Crippen MR) is 103 cm³/mol. The second-order valence-electron chi connectivity index (χ2n) is 7.39. The number of aromatic nitrogens is 1. The molecule has 138 valence electrons. The number of halogens is 1. The van der Waals surface area contributed by atoms with Gasteiger partial charge in [0.1, 0.15) is 5.82 Å². The fraction of sp³-hybridized carbons (Fsp3) is 0.684. The maximum atomic E-state index is 12.5. The van der Waals surface area contributed by atoms with E-state index in [-0.39, 0.29) is 18.3 Å². The van der Waals surface area contributed by atoms with Crippen molar-refractivity contribution in [3.8, 4) is 0 Å². The van der Waals surface area contributed by atoms with Gasteiger partial charge in [-0.25, -0.2) is 4.98 Å². The lowest BCUT2D eigenvalue weighted by Gasteiger charge is -2.44. The third-order valence-electron chi connectivity index (χ3n) is 5.80. The summed E-state index contributed by atoms with van der Waals surface area (Å²) in [4.78, 5) is 24.2. The summed E-state index contributed by atoms with van der Waals surface area (Å²) in [6.07, 6.45) is 9.29. The maximum Gasteiger partial charge on any atom is 0.255 e. The minimum absolute atomic E-state index is 0. The van der Waals surface area contributed by atoms with Crippen LogP contribution in [0.25, 0.3) is 0 Å². The fourth-order valence-corrected chi connectivity index (χ4v) is 4.34. The van der Waals surface area contributed by atoms with Crippen LogP contribution in [0, 0.1) is 0 Å². The molecule has 0 aromatic carbocycles. The first-order chi connectivity index (χ1) is 11.8. The molecule has 0 bridgehead atoms. The van der Waals surface area contributed by atoms with Crippen molar-refractivity contribution >= 4 is 24.1 Å². The molecule has 1 aromatic heterocycles. The molecule has 25 heavy (non-hydrogen) atoms. The zero-order valence-electron chi connectivity index (χ0n) is 14.9. The van der Waals surface area contributed by atoms with Crippen LogP contribution in [0.1, 0.15) is 48.9 Å². The van der Waals surface area contributed by atoms with E-state index < -0.39 is 0 Å². The molecule has 4 heterocycles. The molecule has 0 aliphatic carbocycles. The normalized spacial score (nSPS) is 24.4. The van der Waals surface area contributed by atoms with Crippen LogP contribution in [0.15, 0.2) is 18.3 Å². The molecule has 1 aromatic rings. The second kappa shape index (κ2) is 8.37. The number of hydrogen-bond donors (Lipinski definition) is 0. The molecule has 3 fully saturated rings. The minimum atomic E-state index is 0. The van der Waals surface area contributed by atoms with E-state index >= 15 is 0 Å². The molecule has 3 saturated heterocycles. The molecule has 6 heteroatoms. The van der Waals surface area contributed by atoms with Crippen LogP contribution in [0.2, 0.25) is 0 Å². The Morgan fingerprint density at radius 3 is 2.52 bits per heavy atom. The number of carbonyl (C=O) groups excluding carboxylic acids is 1. The SMILES string of the molecule is Cl.O=C(c1ccc(N2CCN3CCCC[C@@H]3C2)nc1)N1CCCCC1. The highest BCUT2D eigenvalue weighted by Crippen LogP contribution is 2.24. The second-order valence-corrected chi connectivity index (χ2v) is 7.39. The molecule has 3 aliphatic rings. The molecule has 1 atom stereocenters. The first-order valence-electron chi connectivity index (χ1n) is 9.55. The lowest BCUT2D eigenvalue weighted by molar-refractivity contribution is 0.0724. The van der Waals surface area contributed by atoms with Crippen molar-refractivity contribution in [3.63, 3.8) is 0 Å². The van der Waals surface area contributed by atoms with Gasteiger partial charge in [-0.2, -0.15) is 0 Å². The van der Waals surface area contributed by atoms with Gasteiger partial charge in [-0.05, 0) is 50.8 Å². The number of piperazine rings is 1. The molecule has 0 saturated carbocycles. The lowest BCUT2D eigenvalue weighted by Crippen LogP contribution is -2.55. The maximum absolute atomic E-state index is 12.5. The van der Waals surface area contributed by atoms with Crippen molar-refractivity contribution in [1.82, 2.24) is 14.8 Å². The van der Waals surface area contributed by atoms with Crippen molar-refractivity contribution in [2.24, 2.45) is 0 Å². The van der Waals surface area contributed by atoms with Crippen LogP contribution in [-0.2, 0) is 0 Å². The number of fused-ring (bicyclic) bond motifs is 1. The summed E-state index contributed by atoms with van der Waals surface area (Å²) in [6, 6.07) is 4.69. The first-order valence-corrected chi connectivity index (χ1v) is 9.55. The van der Waals surface area contributed by atoms with Crippen LogP contribution in [0.5, 0.6) is 0 Å². The number of anilines is 1. The molecule has 5 nitrogen and oxygen atoms in total. The summed E-state index contributed by atoms with van der Waals surface area (Å²) in [5.41, 5.74) is 0.733. The molecule has 1 amide bonds. The van der Waals surface area contributed by atoms with Gasteiger partial charge in [0.2, 0.25) is 0 Å². The average Bonchev–Trinajstić information content (AvgIpc) is 2.68. The standard InChI is InChI=1S/C19H28N4O.ClH/c24-19(22-10-3-1-4-11-22)16-7-8-18(20-14-16)23-13-12-21-9-5-2-6-17(21)15-23;/h7-8,14,17H,1-6,9-13,15H2;1H/t17-;/m1./s1. The van der Waals surface area contributed by atoms with Gasteiger partial charge in [-0.15, -0.1) is 12.4 Å². The zero-order chi connectivity index (χ0) is 16.4. The van der Waals surface area contributed by atoms with Crippen LogP contribution in [-0.4, -0.2) is 66.0 Å². The highest BCUT2D eigenvalue weighted by molar-refractivity contribution is 5.94. The van der Waals surface area contributed by atoms with Crippen LogP contribution in [0.4, 0.5) is 5.82 Å². The van der Waals surface area contributed by atoms with E-state index in [1.807, 2.05) is 17.0 Å². The molecule has 4 rings (SSSR count). The number of amides is 1. The number of likely N-dealkylation sites (tertiary alicyclic amines) is 1. The number of nitrogens with zero attached hydrogens (tertiary/aromatic N) is 4. The van der Waals surface area contributed by atoms with E-state index in [1.54, 1.807) is 6.20 Å². The number of carbonyl (C=O) groups is 1. The Morgan fingerprint density at radius 2 is 1.76 bits per heavy atom. The van der Waals surface area contributed by atoms with E-state index in [9.17, 15) is 4.79 Å². The van der Waals surface area contributed by atoms with E-state index in [4.69, 9.17) is 0 Å². The average molecular weight is 365 g/mol. The summed E-state index contributed by atoms with van der Waals surface area (Å²) in [5, 5.41) is 0. The van der Waals surface area contributed by atoms with Gasteiger partial charge in [-0.3, -0.25) is 9.69 Å². The topological polar surface area (TPSA) is 39.7 Å². The van der Waals surface area contributed by atoms with Crippen LogP contribution >= 0.6 is 12.4 Å². The van der Waals surface area contributed by atoms with Crippen molar-refractivity contribution in [3.05, 3.63) is 23.9 Å². The van der Waals surface area contributed by atoms with Crippen LogP contribution in [0.3, 0.4) is 0 Å². The van der Waals surface area contributed by atoms with Gasteiger partial charge in [0.25, 0.3) is 5.91 Å². The lowest BCUT2D eigenvalue weighted by atomic mass is 9.99. The van der Waals surface area contributed by atoms with Gasteiger partial charge in [0.15, 0.2) is 0 Å². The van der Waals surface area contributed by atoms with Gasteiger partial charge < -0.3 is 9.80 Å². The number of hydrogen-bond acceptors (Lipinski definition) is 4. The zero-order valence-corrected chi connectivity index (χ0v) is 15.7. The van der Waals surface area contributed by atoms with Gasteiger partial charge in [0.05, 0.1) is 5.56 Å². The molecular formula is C19H29ClN4O. The number of rotatable bonds is 2. The Kier molecular flexibility index (Phi) is 6.18. The minimum Gasteiger partial charge on any atom is -0.354 e. The summed E-state index contributed by atoms with van der Waals surface area (Å²) >= 11 is 0. The fourth-order valence-electron chi connectivity index (χ4n) is 4.34. The van der Waals surface area contributed by atoms with E-state index in [0.717, 1.165) is 56.9 Å². The number of pyridine rings is 1. The smallest absolute Gasteiger partial charge is 0.255 e. The van der Waals surface area contributed by atoms with E-state index in [2.05, 4.69) is 14.8 Å². The highest BCUT2D eigenvalue weighted by Gasteiger charge is 2.29. The number of piperidine rings is 2. The molecule has 0 radical (unpaired) electrons. The molecule has 0 unspecified atom stereocenters. The van der Waals surface area contributed by atoms with E-state index in [1.165, 1.54) is 32.2 Å². The predicted octanol–water partition coefficient (Wildman–Crippen LogP) is 2.80. The summed E-state index contributed by atoms with van der Waals surface area (Å²) < 4.78 is 0. The van der Waals surface area contributed by atoms with Crippen molar-refractivity contribution in [2.75, 3.05) is 44.2 Å². The summed E-state index contributed by atoms with van der Waals surface area (Å²) in [5.74, 6) is 1.17. The Labute approximate surface area is 156 Å². The van der Waals surface area contributed by atoms with Gasteiger partial charge in [0, 0.05) is 45.0 Å². The quantitative estimate of drug-likeness (QED) is 0.809. The molecule has 3 aliphatic heterocycles. The summed E-state index contributed by atoms with van der Waals surface area (Å²) in [6.45, 7) is 6.31. The highest BCUT2D eigenvalue weighted by atomic mass is 35.5. The molecule has 0 spiro atoms. The monoisotopic (exact) mass is 364 g/mol.